The summed E-state index contributed by atoms with van der Waals surface area (Å²) in [7, 11) is 1.57. The maximum absolute atomic E-state index is 11.0. The van der Waals surface area contributed by atoms with E-state index in [-0.39, 0.29) is 12.2 Å². The summed E-state index contributed by atoms with van der Waals surface area (Å²) in [6.45, 7) is 6.88. The molecule has 4 aromatic rings. The number of aryl methyl sites for hydroxylation is 3. The smallest absolute Gasteiger partial charge is 0.335 e. The fourth-order valence-electron chi connectivity index (χ4n) is 3.97. The van der Waals surface area contributed by atoms with Gasteiger partial charge in [0, 0.05) is 12.1 Å². The third kappa shape index (κ3) is 4.70. The molecule has 8 heteroatoms. The Bertz CT molecular complexity index is 1360. The molecular weight excluding hydrogens is 454 g/mol. The Labute approximate surface area is 202 Å². The summed E-state index contributed by atoms with van der Waals surface area (Å²) in [5.74, 6) is 0.945. The van der Waals surface area contributed by atoms with Crippen LogP contribution < -0.4 is 9.47 Å². The summed E-state index contributed by atoms with van der Waals surface area (Å²) in [5, 5.41) is 9.48. The number of aromatic carboxylic acids is 1. The normalized spacial score (nSPS) is 11.1. The zero-order chi connectivity index (χ0) is 24.4. The van der Waals surface area contributed by atoms with Crippen molar-refractivity contribution in [2.24, 2.45) is 0 Å². The first-order valence-electron chi connectivity index (χ1n) is 11.0. The second-order valence-electron chi connectivity index (χ2n) is 8.12. The molecule has 0 amide bonds. The standard InChI is InChI=1S/C26H26ClN3O4/c1-5-22-29-23-15(2)10-16(3)28-25(23)30(22)13-18-11-20(27)24(21(12-18)33-4)34-14-17-6-8-19(9-7-17)26(31)32/h6-12H,5,13-14H2,1-4H3,(H,31,32). The van der Waals surface area contributed by atoms with Gasteiger partial charge in [0.15, 0.2) is 17.1 Å². The molecule has 2 aromatic heterocycles. The lowest BCUT2D eigenvalue weighted by Crippen LogP contribution is -2.07. The molecule has 0 saturated heterocycles. The van der Waals surface area contributed by atoms with Crippen LogP contribution in [0, 0.1) is 13.8 Å². The maximum Gasteiger partial charge on any atom is 0.335 e. The SMILES string of the molecule is CCc1nc2c(C)cc(C)nc2n1Cc1cc(Cl)c(OCc2ccc(C(=O)O)cc2)c(OC)c1. The Morgan fingerprint density at radius 3 is 2.47 bits per heavy atom. The first-order valence-corrected chi connectivity index (χ1v) is 11.3. The topological polar surface area (TPSA) is 86.5 Å². The molecule has 0 bridgehead atoms. The van der Waals surface area contributed by atoms with E-state index in [9.17, 15) is 4.79 Å². The number of hydrogen-bond donors (Lipinski definition) is 1. The summed E-state index contributed by atoms with van der Waals surface area (Å²) >= 11 is 6.61. The maximum atomic E-state index is 11.0. The second-order valence-corrected chi connectivity index (χ2v) is 8.53. The number of carboxylic acids is 1. The van der Waals surface area contributed by atoms with Crippen LogP contribution in [0.2, 0.25) is 5.02 Å². The molecule has 0 aliphatic heterocycles. The Morgan fingerprint density at radius 1 is 1.09 bits per heavy atom. The molecule has 176 valence electrons. The Hall–Kier alpha value is -3.58. The quantitative estimate of drug-likeness (QED) is 0.354. The lowest BCUT2D eigenvalue weighted by molar-refractivity contribution is 0.0697. The minimum Gasteiger partial charge on any atom is -0.493 e. The number of hydrogen-bond acceptors (Lipinski definition) is 5. The summed E-state index contributed by atoms with van der Waals surface area (Å²) in [4.78, 5) is 20.6. The number of methoxy groups -OCH3 is 1. The fraction of sp³-hybridized carbons (Fsp3) is 0.269. The average Bonchev–Trinajstić information content (AvgIpc) is 3.16. The first-order chi connectivity index (χ1) is 16.3. The van der Waals surface area contributed by atoms with Crippen molar-refractivity contribution in [3.05, 3.63) is 81.3 Å². The molecular formula is C26H26ClN3O4. The number of nitrogens with zero attached hydrogens (tertiary/aromatic N) is 3. The zero-order valence-electron chi connectivity index (χ0n) is 19.6. The van der Waals surface area contributed by atoms with Gasteiger partial charge < -0.3 is 19.1 Å². The van der Waals surface area contributed by atoms with Crippen molar-refractivity contribution in [3.8, 4) is 11.5 Å². The van der Waals surface area contributed by atoms with Crippen molar-refractivity contribution in [2.75, 3.05) is 7.11 Å². The Balaban J connectivity index is 1.62. The molecule has 2 aromatic carbocycles. The van der Waals surface area contributed by atoms with Gasteiger partial charge in [0.25, 0.3) is 0 Å². The molecule has 7 nitrogen and oxygen atoms in total. The number of carboxylic acid groups (broad SMARTS) is 1. The van der Waals surface area contributed by atoms with Gasteiger partial charge in [0.05, 0.1) is 24.2 Å². The van der Waals surface area contributed by atoms with Gasteiger partial charge in [-0.1, -0.05) is 30.7 Å². The lowest BCUT2D eigenvalue weighted by atomic mass is 10.1. The van der Waals surface area contributed by atoms with Crippen LogP contribution >= 0.6 is 11.6 Å². The molecule has 0 atom stereocenters. The van der Waals surface area contributed by atoms with Gasteiger partial charge in [-0.2, -0.15) is 0 Å². The van der Waals surface area contributed by atoms with E-state index in [1.165, 1.54) is 0 Å². The molecule has 1 N–H and O–H groups in total. The number of fused-ring (bicyclic) bond motifs is 1. The van der Waals surface area contributed by atoms with Crippen LogP contribution in [0.3, 0.4) is 0 Å². The molecule has 4 rings (SSSR count). The summed E-state index contributed by atoms with van der Waals surface area (Å²) < 4.78 is 13.6. The van der Waals surface area contributed by atoms with Gasteiger partial charge in [-0.3, -0.25) is 0 Å². The average molecular weight is 480 g/mol. The minimum atomic E-state index is -0.967. The third-order valence-electron chi connectivity index (χ3n) is 5.63. The third-order valence-corrected chi connectivity index (χ3v) is 5.91. The molecule has 0 spiro atoms. The van der Waals surface area contributed by atoms with Gasteiger partial charge in [-0.25, -0.2) is 14.8 Å². The van der Waals surface area contributed by atoms with Gasteiger partial charge >= 0.3 is 5.97 Å². The highest BCUT2D eigenvalue weighted by Gasteiger charge is 2.17. The van der Waals surface area contributed by atoms with Gasteiger partial charge in [0.2, 0.25) is 0 Å². The van der Waals surface area contributed by atoms with Crippen molar-refractivity contribution in [1.82, 2.24) is 14.5 Å². The van der Waals surface area contributed by atoms with E-state index < -0.39 is 5.97 Å². The summed E-state index contributed by atoms with van der Waals surface area (Å²) in [6, 6.07) is 12.3. The van der Waals surface area contributed by atoms with E-state index in [1.807, 2.05) is 25.1 Å². The molecule has 34 heavy (non-hydrogen) atoms. The number of ether oxygens (including phenoxy) is 2. The van der Waals surface area contributed by atoms with Gasteiger partial charge in [-0.15, -0.1) is 0 Å². The number of rotatable bonds is 8. The zero-order valence-corrected chi connectivity index (χ0v) is 20.3. The molecule has 0 saturated carbocycles. The van der Waals surface area contributed by atoms with Crippen LogP contribution in [-0.2, 0) is 19.6 Å². The molecule has 0 aliphatic rings. The van der Waals surface area contributed by atoms with Gasteiger partial charge in [0.1, 0.15) is 17.9 Å². The number of halogens is 1. The Morgan fingerprint density at radius 2 is 1.82 bits per heavy atom. The number of pyridine rings is 1. The lowest BCUT2D eigenvalue weighted by Gasteiger charge is -2.15. The molecule has 0 radical (unpaired) electrons. The van der Waals surface area contributed by atoms with E-state index in [1.54, 1.807) is 31.4 Å². The van der Waals surface area contributed by atoms with Crippen LogP contribution in [0.1, 0.15) is 45.5 Å². The Kier molecular flexibility index (Phi) is 6.75. The summed E-state index contributed by atoms with van der Waals surface area (Å²) in [5.41, 5.74) is 5.80. The first kappa shape index (κ1) is 23.6. The van der Waals surface area contributed by atoms with Crippen molar-refractivity contribution in [3.63, 3.8) is 0 Å². The van der Waals surface area contributed by atoms with E-state index in [2.05, 4.69) is 18.4 Å². The highest BCUT2D eigenvalue weighted by atomic mass is 35.5. The van der Waals surface area contributed by atoms with E-state index in [4.69, 9.17) is 36.1 Å². The second kappa shape index (κ2) is 9.73. The highest BCUT2D eigenvalue weighted by Crippen LogP contribution is 2.37. The fourth-order valence-corrected chi connectivity index (χ4v) is 4.26. The number of benzene rings is 2. The van der Waals surface area contributed by atoms with E-state index >= 15 is 0 Å². The number of carbonyl (C=O) groups is 1. The minimum absolute atomic E-state index is 0.224. The van der Waals surface area contributed by atoms with Crippen molar-refractivity contribution in [2.45, 2.75) is 40.3 Å². The molecule has 0 fully saturated rings. The molecule has 0 unspecified atom stereocenters. The van der Waals surface area contributed by atoms with Gasteiger partial charge in [-0.05, 0) is 60.9 Å². The van der Waals surface area contributed by atoms with Crippen molar-refractivity contribution < 1.29 is 19.4 Å². The van der Waals surface area contributed by atoms with Crippen LogP contribution in [-0.4, -0.2) is 32.7 Å². The predicted molar refractivity (Wildman–Crippen MR) is 131 cm³/mol. The molecule has 0 aliphatic carbocycles. The predicted octanol–water partition coefficient (Wildman–Crippen LogP) is 5.60. The number of aromatic nitrogens is 3. The van der Waals surface area contributed by atoms with E-state index in [0.717, 1.165) is 45.8 Å². The summed E-state index contributed by atoms with van der Waals surface area (Å²) in [6.07, 6.45) is 0.779. The van der Waals surface area contributed by atoms with Crippen molar-refractivity contribution in [1.29, 1.82) is 0 Å². The van der Waals surface area contributed by atoms with Crippen LogP contribution in [0.15, 0.2) is 42.5 Å². The van der Waals surface area contributed by atoms with Crippen LogP contribution in [0.25, 0.3) is 11.2 Å². The molecule has 2 heterocycles. The monoisotopic (exact) mass is 479 g/mol. The highest BCUT2D eigenvalue weighted by molar-refractivity contribution is 6.32. The van der Waals surface area contributed by atoms with Crippen LogP contribution in [0.4, 0.5) is 0 Å². The largest absolute Gasteiger partial charge is 0.493 e. The number of imidazole rings is 1. The van der Waals surface area contributed by atoms with Crippen LogP contribution in [0.5, 0.6) is 11.5 Å². The van der Waals surface area contributed by atoms with Crippen molar-refractivity contribution >= 4 is 28.7 Å². The van der Waals surface area contributed by atoms with E-state index in [0.29, 0.717) is 23.1 Å².